The van der Waals surface area contributed by atoms with Crippen molar-refractivity contribution in [3.63, 3.8) is 0 Å². The van der Waals surface area contributed by atoms with Gasteiger partial charge in [0.05, 0.1) is 11.1 Å². The first-order valence-electron chi connectivity index (χ1n) is 10.6. The van der Waals surface area contributed by atoms with Gasteiger partial charge in [0, 0.05) is 35.2 Å². The van der Waals surface area contributed by atoms with Crippen molar-refractivity contribution in [3.05, 3.63) is 76.6 Å². The standard InChI is InChI=1S/C25H24N4O4/c1-14(2)13-29-23(31)20-9-8-17(11-21(20)24(29)32)22(30)28-18-6-5-7-19(12-18)33-25-26-15(3)10-16(4)27-25/h5-12,14H,13H2,1-4H3,(H,28,30). The molecule has 33 heavy (non-hydrogen) atoms. The number of nitrogens with one attached hydrogen (secondary N) is 1. The molecule has 2 aromatic carbocycles. The Bertz CT molecular complexity index is 1250. The van der Waals surface area contributed by atoms with Crippen molar-refractivity contribution >= 4 is 23.4 Å². The maximum Gasteiger partial charge on any atom is 0.322 e. The topological polar surface area (TPSA) is 101 Å². The number of amides is 3. The summed E-state index contributed by atoms with van der Waals surface area (Å²) in [6.45, 7) is 7.92. The van der Waals surface area contributed by atoms with Crippen LogP contribution in [0, 0.1) is 19.8 Å². The average molecular weight is 444 g/mol. The van der Waals surface area contributed by atoms with Crippen LogP contribution in [0.3, 0.4) is 0 Å². The minimum atomic E-state index is -0.403. The predicted molar refractivity (Wildman–Crippen MR) is 123 cm³/mol. The Kier molecular flexibility index (Phi) is 5.91. The van der Waals surface area contributed by atoms with E-state index in [1.54, 1.807) is 30.3 Å². The van der Waals surface area contributed by atoms with Crippen LogP contribution in [0.25, 0.3) is 0 Å². The summed E-state index contributed by atoms with van der Waals surface area (Å²) in [4.78, 5) is 47.8. The molecule has 1 aromatic heterocycles. The Morgan fingerprint density at radius 1 is 0.970 bits per heavy atom. The van der Waals surface area contributed by atoms with Gasteiger partial charge in [-0.05, 0) is 56.2 Å². The van der Waals surface area contributed by atoms with Crippen LogP contribution in [-0.2, 0) is 0 Å². The van der Waals surface area contributed by atoms with Gasteiger partial charge in [0.2, 0.25) is 0 Å². The molecule has 0 atom stereocenters. The summed E-state index contributed by atoms with van der Waals surface area (Å²) in [6.07, 6.45) is 0. The monoisotopic (exact) mass is 444 g/mol. The van der Waals surface area contributed by atoms with Gasteiger partial charge in [0.25, 0.3) is 17.7 Å². The molecule has 0 saturated carbocycles. The third kappa shape index (κ3) is 4.74. The van der Waals surface area contributed by atoms with E-state index in [0.717, 1.165) is 11.4 Å². The molecule has 8 heteroatoms. The highest BCUT2D eigenvalue weighted by atomic mass is 16.5. The Balaban J connectivity index is 1.51. The first-order chi connectivity index (χ1) is 15.7. The van der Waals surface area contributed by atoms with E-state index in [1.807, 2.05) is 33.8 Å². The van der Waals surface area contributed by atoms with Gasteiger partial charge in [0.15, 0.2) is 0 Å². The highest BCUT2D eigenvalue weighted by Crippen LogP contribution is 2.26. The number of hydrogen-bond donors (Lipinski definition) is 1. The van der Waals surface area contributed by atoms with E-state index >= 15 is 0 Å². The van der Waals surface area contributed by atoms with Crippen LogP contribution < -0.4 is 10.1 Å². The first-order valence-corrected chi connectivity index (χ1v) is 10.6. The van der Waals surface area contributed by atoms with E-state index in [0.29, 0.717) is 23.5 Å². The zero-order valence-corrected chi connectivity index (χ0v) is 18.9. The van der Waals surface area contributed by atoms with Crippen LogP contribution in [0.15, 0.2) is 48.5 Å². The van der Waals surface area contributed by atoms with Crippen molar-refractivity contribution in [2.75, 3.05) is 11.9 Å². The molecule has 8 nitrogen and oxygen atoms in total. The minimum Gasteiger partial charge on any atom is -0.424 e. The molecule has 0 radical (unpaired) electrons. The Hall–Kier alpha value is -4.07. The molecule has 168 valence electrons. The zero-order chi connectivity index (χ0) is 23.7. The lowest BCUT2D eigenvalue weighted by Gasteiger charge is -2.15. The second-order valence-corrected chi connectivity index (χ2v) is 8.39. The Morgan fingerprint density at radius 3 is 2.36 bits per heavy atom. The summed E-state index contributed by atoms with van der Waals surface area (Å²) in [6, 6.07) is 13.5. The van der Waals surface area contributed by atoms with Crippen LogP contribution >= 0.6 is 0 Å². The Morgan fingerprint density at radius 2 is 1.67 bits per heavy atom. The molecule has 0 saturated heterocycles. The van der Waals surface area contributed by atoms with E-state index in [4.69, 9.17) is 4.74 Å². The summed E-state index contributed by atoms with van der Waals surface area (Å²) >= 11 is 0. The lowest BCUT2D eigenvalue weighted by molar-refractivity contribution is 0.0636. The smallest absolute Gasteiger partial charge is 0.322 e. The number of imide groups is 1. The summed E-state index contributed by atoms with van der Waals surface area (Å²) in [5, 5.41) is 2.80. The molecule has 0 fully saturated rings. The number of aromatic nitrogens is 2. The molecule has 0 spiro atoms. The van der Waals surface area contributed by atoms with E-state index < -0.39 is 5.91 Å². The third-order valence-electron chi connectivity index (χ3n) is 5.04. The number of hydrogen-bond acceptors (Lipinski definition) is 6. The fraction of sp³-hybridized carbons (Fsp3) is 0.240. The van der Waals surface area contributed by atoms with Crippen LogP contribution in [0.5, 0.6) is 11.8 Å². The molecule has 0 unspecified atom stereocenters. The van der Waals surface area contributed by atoms with Gasteiger partial charge >= 0.3 is 6.01 Å². The summed E-state index contributed by atoms with van der Waals surface area (Å²) in [7, 11) is 0. The minimum absolute atomic E-state index is 0.151. The molecule has 0 aliphatic carbocycles. The van der Waals surface area contributed by atoms with Crippen LogP contribution in [0.1, 0.15) is 56.3 Å². The van der Waals surface area contributed by atoms with Crippen molar-refractivity contribution in [2.45, 2.75) is 27.7 Å². The normalized spacial score (nSPS) is 12.8. The number of fused-ring (bicyclic) bond motifs is 1. The number of aryl methyl sites for hydroxylation is 2. The van der Waals surface area contributed by atoms with Crippen molar-refractivity contribution in [1.29, 1.82) is 0 Å². The Labute approximate surface area is 191 Å². The highest BCUT2D eigenvalue weighted by Gasteiger charge is 2.36. The lowest BCUT2D eigenvalue weighted by atomic mass is 10.1. The maximum absolute atomic E-state index is 12.8. The van der Waals surface area contributed by atoms with Gasteiger partial charge < -0.3 is 10.1 Å². The predicted octanol–water partition coefficient (Wildman–Crippen LogP) is 4.39. The molecule has 3 amide bonds. The molecule has 3 aromatic rings. The van der Waals surface area contributed by atoms with Gasteiger partial charge in [-0.25, -0.2) is 9.97 Å². The summed E-state index contributed by atoms with van der Waals surface area (Å²) < 4.78 is 5.74. The number of carbonyl (C=O) groups excluding carboxylic acids is 3. The van der Waals surface area contributed by atoms with Gasteiger partial charge in [-0.2, -0.15) is 0 Å². The van der Waals surface area contributed by atoms with Crippen LogP contribution in [0.2, 0.25) is 0 Å². The van der Waals surface area contributed by atoms with Gasteiger partial charge in [-0.15, -0.1) is 0 Å². The molecule has 2 heterocycles. The van der Waals surface area contributed by atoms with Crippen molar-refractivity contribution in [3.8, 4) is 11.8 Å². The maximum atomic E-state index is 12.8. The van der Waals surface area contributed by atoms with E-state index in [2.05, 4.69) is 15.3 Å². The molecular formula is C25H24N4O4. The number of anilines is 1. The van der Waals surface area contributed by atoms with Gasteiger partial charge in [0.1, 0.15) is 5.75 Å². The van der Waals surface area contributed by atoms with E-state index in [-0.39, 0.29) is 34.9 Å². The fourth-order valence-corrected chi connectivity index (χ4v) is 3.65. The second-order valence-electron chi connectivity index (χ2n) is 8.39. The number of benzene rings is 2. The largest absolute Gasteiger partial charge is 0.424 e. The molecule has 1 aliphatic rings. The average Bonchev–Trinajstić information content (AvgIpc) is 2.97. The van der Waals surface area contributed by atoms with E-state index in [9.17, 15) is 14.4 Å². The van der Waals surface area contributed by atoms with Crippen molar-refractivity contribution in [2.24, 2.45) is 5.92 Å². The van der Waals surface area contributed by atoms with Crippen molar-refractivity contribution in [1.82, 2.24) is 14.9 Å². The first kappa shape index (κ1) is 22.1. The molecule has 0 bridgehead atoms. The number of rotatable bonds is 6. The summed E-state index contributed by atoms with van der Waals surface area (Å²) in [5.74, 6) is -0.480. The highest BCUT2D eigenvalue weighted by molar-refractivity contribution is 6.22. The quantitative estimate of drug-likeness (QED) is 0.566. The molecule has 4 rings (SSSR count). The zero-order valence-electron chi connectivity index (χ0n) is 18.9. The van der Waals surface area contributed by atoms with Crippen molar-refractivity contribution < 1.29 is 19.1 Å². The molecular weight excluding hydrogens is 420 g/mol. The molecule has 1 aliphatic heterocycles. The number of carbonyl (C=O) groups is 3. The van der Waals surface area contributed by atoms with Crippen LogP contribution in [0.4, 0.5) is 5.69 Å². The van der Waals surface area contributed by atoms with Gasteiger partial charge in [-0.3, -0.25) is 19.3 Å². The third-order valence-corrected chi connectivity index (χ3v) is 5.04. The number of ether oxygens (including phenoxy) is 1. The van der Waals surface area contributed by atoms with Gasteiger partial charge in [-0.1, -0.05) is 19.9 Å². The SMILES string of the molecule is Cc1cc(C)nc(Oc2cccc(NC(=O)c3ccc4c(c3)C(=O)N(CC(C)C)C4=O)c2)n1. The van der Waals surface area contributed by atoms with Crippen LogP contribution in [-0.4, -0.2) is 39.1 Å². The molecule has 1 N–H and O–H groups in total. The fourth-order valence-electron chi connectivity index (χ4n) is 3.65. The van der Waals surface area contributed by atoms with E-state index in [1.165, 1.54) is 17.0 Å². The second kappa shape index (κ2) is 8.82. The lowest BCUT2D eigenvalue weighted by Crippen LogP contribution is -2.33. The number of nitrogens with zero attached hydrogens (tertiary/aromatic N) is 3. The summed E-state index contributed by atoms with van der Waals surface area (Å²) in [5.41, 5.74) is 2.94.